The molecule has 1 atom stereocenters. The highest BCUT2D eigenvalue weighted by atomic mass is 35.5. The molecular weight excluding hydrogens is 530 g/mol. The number of fused-ring (bicyclic) bond motifs is 5. The molecule has 1 saturated heterocycles. The molecule has 0 N–H and O–H groups in total. The molecule has 36 heavy (non-hydrogen) atoms. The van der Waals surface area contributed by atoms with Crippen LogP contribution in [0.15, 0.2) is 41.6 Å². The van der Waals surface area contributed by atoms with Crippen molar-refractivity contribution in [1.29, 1.82) is 0 Å². The van der Waals surface area contributed by atoms with E-state index in [0.717, 1.165) is 11.8 Å². The molecule has 186 valence electrons. The van der Waals surface area contributed by atoms with Crippen LogP contribution in [0.1, 0.15) is 42.3 Å². The molecule has 0 aliphatic carbocycles. The van der Waals surface area contributed by atoms with E-state index in [1.165, 1.54) is 33.8 Å². The Morgan fingerprint density at radius 1 is 1.19 bits per heavy atom. The van der Waals surface area contributed by atoms with Gasteiger partial charge in [0.2, 0.25) is 10.0 Å². The van der Waals surface area contributed by atoms with Gasteiger partial charge in [-0.25, -0.2) is 36.7 Å². The third kappa shape index (κ3) is 3.83. The molecule has 1 aliphatic heterocycles. The van der Waals surface area contributed by atoms with Gasteiger partial charge in [-0.2, -0.15) is 4.31 Å². The Morgan fingerprint density at radius 2 is 1.97 bits per heavy atom. The predicted octanol–water partition coefficient (Wildman–Crippen LogP) is 5.35. The second kappa shape index (κ2) is 8.65. The van der Waals surface area contributed by atoms with Crippen molar-refractivity contribution >= 4 is 59.0 Å². The molecule has 0 radical (unpaired) electrons. The molecule has 0 bridgehead atoms. The molecule has 0 spiro atoms. The summed E-state index contributed by atoms with van der Waals surface area (Å²) >= 11 is 7.17. The minimum Gasteiger partial charge on any atom is -0.236 e. The van der Waals surface area contributed by atoms with Crippen LogP contribution in [-0.4, -0.2) is 50.4 Å². The molecule has 1 aromatic carbocycles. The Kier molecular flexibility index (Phi) is 5.67. The summed E-state index contributed by atoms with van der Waals surface area (Å²) in [4.78, 5) is 14.1. The lowest BCUT2D eigenvalue weighted by atomic mass is 9.99. The van der Waals surface area contributed by atoms with E-state index in [9.17, 15) is 17.2 Å². The van der Waals surface area contributed by atoms with Crippen molar-refractivity contribution < 1.29 is 17.2 Å². The first kappa shape index (κ1) is 23.6. The number of hydrogen-bond acceptors (Lipinski definition) is 7. The van der Waals surface area contributed by atoms with Gasteiger partial charge in [-0.05, 0) is 55.7 Å². The molecule has 4 aromatic heterocycles. The smallest absolute Gasteiger partial charge is 0.236 e. The van der Waals surface area contributed by atoms with Gasteiger partial charge < -0.3 is 0 Å². The Hall–Kier alpha value is -2.80. The van der Waals surface area contributed by atoms with Crippen LogP contribution in [0.2, 0.25) is 5.02 Å². The van der Waals surface area contributed by atoms with Gasteiger partial charge in [-0.15, -0.1) is 16.4 Å². The summed E-state index contributed by atoms with van der Waals surface area (Å²) < 4.78 is 56.7. The van der Waals surface area contributed by atoms with Crippen LogP contribution < -0.4 is 0 Å². The van der Waals surface area contributed by atoms with Crippen molar-refractivity contribution in [2.75, 3.05) is 13.1 Å². The monoisotopic (exact) mass is 548 g/mol. The second-order valence-corrected chi connectivity index (χ2v) is 12.1. The van der Waals surface area contributed by atoms with Gasteiger partial charge >= 0.3 is 0 Å². The lowest BCUT2D eigenvalue weighted by molar-refractivity contribution is 0.146. The second-order valence-electron chi connectivity index (χ2n) is 8.76. The summed E-state index contributed by atoms with van der Waals surface area (Å²) in [5.74, 6) is 0.325. The SMILES string of the molecule is Cc1cc(C(F)F)nc2sc3c(ncn4nc([C@@H]5CCCN(S(=O)(=O)c6ccc(Cl)cc6)C5)nc34)c12. The van der Waals surface area contributed by atoms with Crippen molar-refractivity contribution in [3.8, 4) is 0 Å². The normalized spacial score (nSPS) is 17.6. The summed E-state index contributed by atoms with van der Waals surface area (Å²) in [6.45, 7) is 2.43. The molecule has 0 amide bonds. The van der Waals surface area contributed by atoms with Gasteiger partial charge in [0.25, 0.3) is 6.43 Å². The number of piperidine rings is 1. The van der Waals surface area contributed by atoms with Crippen molar-refractivity contribution in [2.24, 2.45) is 0 Å². The molecule has 13 heteroatoms. The fourth-order valence-corrected chi connectivity index (χ4v) is 7.50. The highest BCUT2D eigenvalue weighted by Gasteiger charge is 2.33. The van der Waals surface area contributed by atoms with Gasteiger partial charge in [0.15, 0.2) is 11.5 Å². The molecule has 8 nitrogen and oxygen atoms in total. The Morgan fingerprint density at radius 3 is 2.72 bits per heavy atom. The maximum Gasteiger partial charge on any atom is 0.280 e. The molecule has 0 unspecified atom stereocenters. The van der Waals surface area contributed by atoms with E-state index >= 15 is 0 Å². The lowest BCUT2D eigenvalue weighted by Gasteiger charge is -2.30. The zero-order valence-electron chi connectivity index (χ0n) is 18.9. The molecule has 1 aliphatic rings. The summed E-state index contributed by atoms with van der Waals surface area (Å²) in [7, 11) is -3.69. The van der Waals surface area contributed by atoms with E-state index in [2.05, 4.69) is 15.1 Å². The van der Waals surface area contributed by atoms with Gasteiger partial charge in [0, 0.05) is 29.4 Å². The van der Waals surface area contributed by atoms with E-state index in [4.69, 9.17) is 16.6 Å². The molecule has 1 fully saturated rings. The third-order valence-corrected chi connectivity index (χ3v) is 9.63. The van der Waals surface area contributed by atoms with Crippen LogP contribution in [0.25, 0.3) is 26.1 Å². The number of nitrogens with zero attached hydrogens (tertiary/aromatic N) is 6. The van der Waals surface area contributed by atoms with Crippen LogP contribution in [0.4, 0.5) is 8.78 Å². The first-order valence-electron chi connectivity index (χ1n) is 11.2. The summed E-state index contributed by atoms with van der Waals surface area (Å²) in [5, 5.41) is 5.79. The highest BCUT2D eigenvalue weighted by molar-refractivity contribution is 7.89. The summed E-state index contributed by atoms with van der Waals surface area (Å²) in [6, 6.07) is 7.51. The minimum absolute atomic E-state index is 0.192. The molecule has 5 aromatic rings. The van der Waals surface area contributed by atoms with Crippen molar-refractivity contribution in [3.63, 3.8) is 0 Å². The molecule has 6 rings (SSSR count). The number of sulfonamides is 1. The van der Waals surface area contributed by atoms with Gasteiger partial charge in [0.05, 0.1) is 10.4 Å². The number of pyridine rings is 1. The number of rotatable bonds is 4. The number of halogens is 3. The fraction of sp³-hybridized carbons (Fsp3) is 0.304. The third-order valence-electron chi connectivity index (χ3n) is 6.43. The average molecular weight is 549 g/mol. The van der Waals surface area contributed by atoms with E-state index in [1.807, 2.05) is 0 Å². The van der Waals surface area contributed by atoms with E-state index in [0.29, 0.717) is 50.1 Å². The van der Waals surface area contributed by atoms with E-state index in [-0.39, 0.29) is 23.1 Å². The van der Waals surface area contributed by atoms with Crippen LogP contribution in [0.3, 0.4) is 0 Å². The number of benzene rings is 1. The van der Waals surface area contributed by atoms with Crippen LogP contribution >= 0.6 is 22.9 Å². The lowest BCUT2D eigenvalue weighted by Crippen LogP contribution is -2.39. The van der Waals surface area contributed by atoms with Gasteiger partial charge in [-0.1, -0.05) is 11.6 Å². The van der Waals surface area contributed by atoms with E-state index < -0.39 is 16.4 Å². The number of alkyl halides is 2. The van der Waals surface area contributed by atoms with Crippen LogP contribution in [0.5, 0.6) is 0 Å². The minimum atomic E-state index is -3.69. The first-order chi connectivity index (χ1) is 17.2. The number of thiophene rings is 1. The Balaban J connectivity index is 1.38. The maximum atomic E-state index is 13.3. The number of aromatic nitrogens is 5. The summed E-state index contributed by atoms with van der Waals surface area (Å²) in [6.07, 6.45) is 0.296. The molecule has 0 saturated carbocycles. The standard InChI is InChI=1S/C23H19ClF2N6O2S2/c1-12-9-16(20(25)26)28-23-17(12)18-19(35-23)22-29-21(30-32(22)11-27-18)13-3-2-8-31(10-13)36(33,34)15-6-4-14(24)5-7-15/h4-7,9,11,13,20H,2-3,8,10H2,1H3/t13-/m1/s1. The Labute approximate surface area is 213 Å². The largest absolute Gasteiger partial charge is 0.280 e. The Bertz CT molecular complexity index is 1740. The maximum absolute atomic E-state index is 13.3. The molecule has 5 heterocycles. The van der Waals surface area contributed by atoms with Crippen LogP contribution in [0, 0.1) is 6.92 Å². The quantitative estimate of drug-likeness (QED) is 0.300. The number of aryl methyl sites for hydroxylation is 1. The van der Waals surface area contributed by atoms with Crippen LogP contribution in [-0.2, 0) is 10.0 Å². The first-order valence-corrected chi connectivity index (χ1v) is 13.8. The van der Waals surface area contributed by atoms with Gasteiger partial charge in [0.1, 0.15) is 21.6 Å². The number of hydrogen-bond donors (Lipinski definition) is 0. The predicted molar refractivity (Wildman–Crippen MR) is 133 cm³/mol. The fourth-order valence-electron chi connectivity index (χ4n) is 4.66. The van der Waals surface area contributed by atoms with Gasteiger partial charge in [-0.3, -0.25) is 0 Å². The van der Waals surface area contributed by atoms with Crippen molar-refractivity contribution in [3.05, 3.63) is 58.8 Å². The zero-order chi connectivity index (χ0) is 25.2. The average Bonchev–Trinajstić information content (AvgIpc) is 3.46. The topological polar surface area (TPSA) is 93.4 Å². The summed E-state index contributed by atoms with van der Waals surface area (Å²) in [5.41, 5.74) is 1.60. The van der Waals surface area contributed by atoms with Crippen molar-refractivity contribution in [2.45, 2.75) is 37.0 Å². The molecular formula is C23H19ClF2N6O2S2. The zero-order valence-corrected chi connectivity index (χ0v) is 21.3. The highest BCUT2D eigenvalue weighted by Crippen LogP contribution is 2.37. The van der Waals surface area contributed by atoms with Crippen molar-refractivity contribution in [1.82, 2.24) is 28.9 Å². The van der Waals surface area contributed by atoms with E-state index in [1.54, 1.807) is 29.9 Å².